The van der Waals surface area contributed by atoms with Crippen molar-refractivity contribution in [3.63, 3.8) is 0 Å². The summed E-state index contributed by atoms with van der Waals surface area (Å²) < 4.78 is 30.3. The smallest absolute Gasteiger partial charge is 0.211 e. The van der Waals surface area contributed by atoms with Crippen LogP contribution < -0.4 is 5.32 Å². The number of ether oxygens (including phenoxy) is 1. The first-order valence-electron chi connectivity index (χ1n) is 9.66. The van der Waals surface area contributed by atoms with Crippen molar-refractivity contribution in [1.29, 1.82) is 0 Å². The maximum absolute atomic E-state index is 11.6. The quantitative estimate of drug-likeness (QED) is 0.319. The van der Waals surface area contributed by atoms with Crippen molar-refractivity contribution >= 4 is 40.0 Å². The van der Waals surface area contributed by atoms with Crippen LogP contribution in [0.15, 0.2) is 4.99 Å². The van der Waals surface area contributed by atoms with Gasteiger partial charge in [0.2, 0.25) is 10.0 Å². The molecule has 8 nitrogen and oxygen atoms in total. The summed E-state index contributed by atoms with van der Waals surface area (Å²) >= 11 is 0. The second kappa shape index (κ2) is 10.6. The molecule has 158 valence electrons. The van der Waals surface area contributed by atoms with E-state index < -0.39 is 10.0 Å². The van der Waals surface area contributed by atoms with Crippen LogP contribution in [0.25, 0.3) is 0 Å². The van der Waals surface area contributed by atoms with Crippen LogP contribution in [-0.4, -0.2) is 107 Å². The van der Waals surface area contributed by atoms with Gasteiger partial charge in [0.05, 0.1) is 12.9 Å². The van der Waals surface area contributed by atoms with Gasteiger partial charge >= 0.3 is 0 Å². The Balaban J connectivity index is 0.00000261. The van der Waals surface area contributed by atoms with Crippen LogP contribution >= 0.6 is 24.0 Å². The maximum atomic E-state index is 11.6. The van der Waals surface area contributed by atoms with E-state index in [1.807, 2.05) is 7.05 Å². The molecule has 3 heterocycles. The molecule has 3 rings (SSSR count). The average Bonchev–Trinajstić information content (AvgIpc) is 3.28. The lowest BCUT2D eigenvalue weighted by atomic mass is 10.1. The number of nitrogens with zero attached hydrogens (tertiary/aromatic N) is 4. The zero-order valence-electron chi connectivity index (χ0n) is 16.5. The lowest BCUT2D eigenvalue weighted by Gasteiger charge is -2.37. The summed E-state index contributed by atoms with van der Waals surface area (Å²) in [5, 5.41) is 3.46. The van der Waals surface area contributed by atoms with Crippen LogP contribution in [0.5, 0.6) is 0 Å². The van der Waals surface area contributed by atoms with Crippen molar-refractivity contribution in [3.05, 3.63) is 0 Å². The van der Waals surface area contributed by atoms with Crippen LogP contribution in [0.4, 0.5) is 0 Å². The number of nitrogens with one attached hydrogen (secondary N) is 1. The van der Waals surface area contributed by atoms with Gasteiger partial charge in [0.15, 0.2) is 5.96 Å². The molecular weight excluding hydrogens is 481 g/mol. The van der Waals surface area contributed by atoms with E-state index in [4.69, 9.17) is 4.74 Å². The predicted molar refractivity (Wildman–Crippen MR) is 118 cm³/mol. The number of hydrogen-bond acceptors (Lipinski definition) is 5. The Bertz CT molecular complexity index is 589. The van der Waals surface area contributed by atoms with Crippen molar-refractivity contribution in [2.24, 2.45) is 16.8 Å². The summed E-state index contributed by atoms with van der Waals surface area (Å²) in [7, 11) is -1.24. The molecule has 0 amide bonds. The van der Waals surface area contributed by atoms with Crippen LogP contribution in [0.1, 0.15) is 12.8 Å². The van der Waals surface area contributed by atoms with Gasteiger partial charge in [0, 0.05) is 66.0 Å². The van der Waals surface area contributed by atoms with Crippen molar-refractivity contribution in [1.82, 2.24) is 19.4 Å². The Morgan fingerprint density at radius 2 is 1.89 bits per heavy atom. The molecule has 0 saturated carbocycles. The van der Waals surface area contributed by atoms with Gasteiger partial charge in [-0.05, 0) is 24.7 Å². The molecular formula is C17H34IN5O3S. The molecule has 0 radical (unpaired) electrons. The number of piperazine rings is 1. The van der Waals surface area contributed by atoms with Crippen molar-refractivity contribution in [2.75, 3.05) is 78.9 Å². The average molecular weight is 515 g/mol. The van der Waals surface area contributed by atoms with Crippen molar-refractivity contribution < 1.29 is 13.2 Å². The second-order valence-electron chi connectivity index (χ2n) is 7.72. The molecule has 3 fully saturated rings. The number of rotatable bonds is 5. The second-order valence-corrected chi connectivity index (χ2v) is 9.70. The van der Waals surface area contributed by atoms with E-state index >= 15 is 0 Å². The molecule has 0 spiro atoms. The van der Waals surface area contributed by atoms with Gasteiger partial charge in [-0.2, -0.15) is 0 Å². The lowest BCUT2D eigenvalue weighted by Crippen LogP contribution is -2.53. The van der Waals surface area contributed by atoms with Gasteiger partial charge in [-0.3, -0.25) is 9.89 Å². The molecule has 2 unspecified atom stereocenters. The van der Waals surface area contributed by atoms with Gasteiger partial charge in [-0.15, -0.1) is 24.0 Å². The van der Waals surface area contributed by atoms with E-state index in [9.17, 15) is 8.42 Å². The molecule has 0 aliphatic carbocycles. The minimum Gasteiger partial charge on any atom is -0.381 e. The van der Waals surface area contributed by atoms with Crippen molar-refractivity contribution in [2.45, 2.75) is 12.8 Å². The molecule has 0 aromatic heterocycles. The highest BCUT2D eigenvalue weighted by Crippen LogP contribution is 2.18. The summed E-state index contributed by atoms with van der Waals surface area (Å²) in [5.74, 6) is 1.98. The first-order valence-corrected chi connectivity index (χ1v) is 11.5. The molecule has 3 aliphatic rings. The third-order valence-electron chi connectivity index (χ3n) is 5.69. The normalized spacial score (nSPS) is 28.4. The number of guanidine groups is 1. The molecule has 0 bridgehead atoms. The maximum Gasteiger partial charge on any atom is 0.211 e. The molecule has 3 saturated heterocycles. The minimum absolute atomic E-state index is 0. The van der Waals surface area contributed by atoms with E-state index in [-0.39, 0.29) is 24.0 Å². The Kier molecular flexibility index (Phi) is 9.04. The SMILES string of the molecule is CN=C(NCC1CCN(S(C)(=O)=O)C1)N1CCN(CC2CCOC2)CC1.I. The summed E-state index contributed by atoms with van der Waals surface area (Å²) in [5.41, 5.74) is 0. The Morgan fingerprint density at radius 3 is 2.44 bits per heavy atom. The Labute approximate surface area is 180 Å². The van der Waals surface area contributed by atoms with E-state index in [1.165, 1.54) is 12.7 Å². The lowest BCUT2D eigenvalue weighted by molar-refractivity contribution is 0.139. The Hall–Kier alpha value is -0.170. The first-order chi connectivity index (χ1) is 12.5. The van der Waals surface area contributed by atoms with E-state index in [0.29, 0.717) is 24.9 Å². The number of halogens is 1. The summed E-state index contributed by atoms with van der Waals surface area (Å²) in [6, 6.07) is 0. The molecule has 27 heavy (non-hydrogen) atoms. The van der Waals surface area contributed by atoms with Gasteiger partial charge < -0.3 is 15.0 Å². The minimum atomic E-state index is -3.07. The fraction of sp³-hybridized carbons (Fsp3) is 0.941. The standard InChI is InChI=1S/C17H33N5O3S.HI/c1-18-17(19-11-15-3-5-22(13-15)26(2,23)24)21-8-6-20(7-9-21)12-16-4-10-25-14-16;/h15-16H,3-14H2,1-2H3,(H,18,19);1H. The first kappa shape index (κ1) is 23.1. The largest absolute Gasteiger partial charge is 0.381 e. The highest BCUT2D eigenvalue weighted by atomic mass is 127. The molecule has 3 aliphatic heterocycles. The molecule has 0 aromatic rings. The van der Waals surface area contributed by atoms with Crippen LogP contribution in [0.3, 0.4) is 0 Å². The summed E-state index contributed by atoms with van der Waals surface area (Å²) in [4.78, 5) is 9.27. The van der Waals surface area contributed by atoms with Gasteiger partial charge in [0.1, 0.15) is 0 Å². The molecule has 1 N–H and O–H groups in total. The van der Waals surface area contributed by atoms with Crippen molar-refractivity contribution in [3.8, 4) is 0 Å². The van der Waals surface area contributed by atoms with Gasteiger partial charge in [0.25, 0.3) is 0 Å². The predicted octanol–water partition coefficient (Wildman–Crippen LogP) is 0.115. The van der Waals surface area contributed by atoms with E-state index in [0.717, 1.165) is 64.9 Å². The molecule has 10 heteroatoms. The van der Waals surface area contributed by atoms with E-state index in [2.05, 4.69) is 20.1 Å². The monoisotopic (exact) mass is 515 g/mol. The fourth-order valence-corrected chi connectivity index (χ4v) is 4.99. The third kappa shape index (κ3) is 6.69. The highest BCUT2D eigenvalue weighted by molar-refractivity contribution is 14.0. The topological polar surface area (TPSA) is 77.5 Å². The number of hydrogen-bond donors (Lipinski definition) is 1. The number of aliphatic imine (C=N–C) groups is 1. The van der Waals surface area contributed by atoms with Gasteiger partial charge in [-0.1, -0.05) is 0 Å². The summed E-state index contributed by atoms with van der Waals surface area (Å²) in [6.45, 7) is 9.06. The van der Waals surface area contributed by atoms with E-state index in [1.54, 1.807) is 4.31 Å². The molecule has 0 aromatic carbocycles. The third-order valence-corrected chi connectivity index (χ3v) is 6.96. The highest BCUT2D eigenvalue weighted by Gasteiger charge is 2.29. The fourth-order valence-electron chi connectivity index (χ4n) is 4.07. The van der Waals surface area contributed by atoms with Crippen LogP contribution in [0, 0.1) is 11.8 Å². The zero-order chi connectivity index (χ0) is 18.6. The van der Waals surface area contributed by atoms with Crippen LogP contribution in [0.2, 0.25) is 0 Å². The Morgan fingerprint density at radius 1 is 1.15 bits per heavy atom. The zero-order valence-corrected chi connectivity index (χ0v) is 19.6. The summed E-state index contributed by atoms with van der Waals surface area (Å²) in [6.07, 6.45) is 3.39. The van der Waals surface area contributed by atoms with Crippen LogP contribution in [-0.2, 0) is 14.8 Å². The molecule has 2 atom stereocenters. The van der Waals surface area contributed by atoms with Gasteiger partial charge in [-0.25, -0.2) is 12.7 Å². The number of sulfonamides is 1.